The number of hydrogen-bond donors (Lipinski definition) is 0. The zero-order valence-electron chi connectivity index (χ0n) is 8.85. The minimum absolute atomic E-state index is 0.109. The van der Waals surface area contributed by atoms with Gasteiger partial charge in [0.15, 0.2) is 0 Å². The maximum Gasteiger partial charge on any atom is 0.417 e. The van der Waals surface area contributed by atoms with Gasteiger partial charge in [0.25, 0.3) is 0 Å². The highest BCUT2D eigenvalue weighted by molar-refractivity contribution is 9.13. The van der Waals surface area contributed by atoms with E-state index < -0.39 is 11.7 Å². The Morgan fingerprint density at radius 1 is 0.944 bits per heavy atom. The quantitative estimate of drug-likeness (QED) is 0.597. The fourth-order valence-corrected chi connectivity index (χ4v) is 2.45. The van der Waals surface area contributed by atoms with Crippen molar-refractivity contribution in [3.63, 3.8) is 0 Å². The van der Waals surface area contributed by atoms with Crippen LogP contribution in [0.1, 0.15) is 5.56 Å². The summed E-state index contributed by atoms with van der Waals surface area (Å²) in [7, 11) is 0. The summed E-state index contributed by atoms with van der Waals surface area (Å²) in [5.41, 5.74) is -0.171. The molecule has 0 bridgehead atoms. The smallest absolute Gasteiger partial charge is 0.166 e. The molecule has 0 N–H and O–H groups in total. The number of benzene rings is 2. The Bertz CT molecular complexity index is 577. The van der Waals surface area contributed by atoms with Crippen molar-refractivity contribution in [3.05, 3.63) is 57.0 Å². The summed E-state index contributed by atoms with van der Waals surface area (Å²) >= 11 is 6.57. The van der Waals surface area contributed by atoms with Gasteiger partial charge in [-0.3, -0.25) is 0 Å². The van der Waals surface area contributed by atoms with Crippen molar-refractivity contribution in [2.75, 3.05) is 0 Å². The van der Waals surface area contributed by atoms with Gasteiger partial charge < -0.3 is 0 Å². The molecule has 0 aliphatic carbocycles. The Labute approximate surface area is 119 Å². The van der Waals surface area contributed by atoms with Gasteiger partial charge in [0.1, 0.15) is 0 Å². The van der Waals surface area contributed by atoms with Crippen LogP contribution < -0.4 is 0 Å². The van der Waals surface area contributed by atoms with E-state index in [1.807, 2.05) is 0 Å². The molecule has 0 atom stereocenters. The highest BCUT2D eigenvalue weighted by atomic mass is 79.9. The van der Waals surface area contributed by atoms with Crippen LogP contribution in [0.4, 0.5) is 13.2 Å². The van der Waals surface area contributed by atoms with Gasteiger partial charge in [0.2, 0.25) is 0 Å². The molecule has 0 amide bonds. The first-order valence-corrected chi connectivity index (χ1v) is 6.52. The summed E-state index contributed by atoms with van der Waals surface area (Å²) in [6.07, 6.45) is -4.42. The summed E-state index contributed by atoms with van der Waals surface area (Å²) in [5.74, 6) is 0. The second kappa shape index (κ2) is 5.05. The second-order valence-electron chi connectivity index (χ2n) is 3.56. The molecule has 0 aromatic heterocycles. The fourth-order valence-electron chi connectivity index (χ4n) is 1.61. The topological polar surface area (TPSA) is 0 Å². The van der Waals surface area contributed by atoms with Crippen molar-refractivity contribution < 1.29 is 13.2 Å². The first kappa shape index (κ1) is 13.6. The number of rotatable bonds is 1. The van der Waals surface area contributed by atoms with Gasteiger partial charge in [0.05, 0.1) is 5.56 Å². The zero-order chi connectivity index (χ0) is 13.3. The van der Waals surface area contributed by atoms with Crippen LogP contribution in [0.15, 0.2) is 45.3 Å². The van der Waals surface area contributed by atoms with E-state index in [9.17, 15) is 13.2 Å². The Morgan fingerprint density at radius 2 is 1.61 bits per heavy atom. The van der Waals surface area contributed by atoms with Crippen molar-refractivity contribution in [1.29, 1.82) is 0 Å². The van der Waals surface area contributed by atoms with Crippen LogP contribution in [0.5, 0.6) is 0 Å². The standard InChI is InChI=1S/C13H6Br2F3/c14-11-7-3-5-9(12(11)15)8-4-1-2-6-10(8)13(16,17)18/h1-5,7H. The molecule has 0 unspecified atom stereocenters. The molecule has 1 radical (unpaired) electrons. The van der Waals surface area contributed by atoms with Gasteiger partial charge in [-0.05, 0) is 55.1 Å². The summed E-state index contributed by atoms with van der Waals surface area (Å²) in [6.45, 7) is 0. The Kier molecular flexibility index (Phi) is 3.82. The van der Waals surface area contributed by atoms with Gasteiger partial charge in [0, 0.05) is 8.95 Å². The Morgan fingerprint density at radius 3 is 2.28 bits per heavy atom. The summed E-state index contributed by atoms with van der Waals surface area (Å²) in [5, 5.41) is 0. The van der Waals surface area contributed by atoms with Crippen LogP contribution in [-0.4, -0.2) is 0 Å². The molecule has 5 heteroatoms. The van der Waals surface area contributed by atoms with Crippen LogP contribution >= 0.6 is 31.9 Å². The average Bonchev–Trinajstić information content (AvgIpc) is 2.32. The number of halogens is 5. The molecule has 18 heavy (non-hydrogen) atoms. The monoisotopic (exact) mass is 377 g/mol. The minimum atomic E-state index is -4.42. The summed E-state index contributed by atoms with van der Waals surface area (Å²) < 4.78 is 40.0. The molecule has 0 nitrogen and oxygen atoms in total. The normalized spacial score (nSPS) is 11.6. The van der Waals surface area contributed by atoms with E-state index in [2.05, 4.69) is 37.9 Å². The molecule has 2 rings (SSSR count). The highest BCUT2D eigenvalue weighted by Gasteiger charge is 2.34. The van der Waals surface area contributed by atoms with E-state index in [0.29, 0.717) is 14.5 Å². The van der Waals surface area contributed by atoms with Gasteiger partial charge in [-0.25, -0.2) is 0 Å². The zero-order valence-corrected chi connectivity index (χ0v) is 12.0. The van der Waals surface area contributed by atoms with E-state index in [-0.39, 0.29) is 5.56 Å². The SMILES string of the molecule is FC(F)(F)c1[c]cccc1-c1cccc(Br)c1Br. The molecule has 0 aliphatic heterocycles. The van der Waals surface area contributed by atoms with Crippen LogP contribution in [-0.2, 0) is 6.18 Å². The van der Waals surface area contributed by atoms with Gasteiger partial charge >= 0.3 is 6.18 Å². The second-order valence-corrected chi connectivity index (χ2v) is 5.21. The Hall–Kier alpha value is -0.810. The highest BCUT2D eigenvalue weighted by Crippen LogP contribution is 2.40. The van der Waals surface area contributed by atoms with Crippen molar-refractivity contribution in [2.24, 2.45) is 0 Å². The molecule has 0 aliphatic rings. The first-order valence-electron chi connectivity index (χ1n) is 4.93. The van der Waals surface area contributed by atoms with Crippen molar-refractivity contribution in [3.8, 4) is 11.1 Å². The maximum atomic E-state index is 12.9. The van der Waals surface area contributed by atoms with E-state index in [1.54, 1.807) is 18.2 Å². The van der Waals surface area contributed by atoms with E-state index in [1.165, 1.54) is 18.2 Å². The van der Waals surface area contributed by atoms with Crippen LogP contribution in [0.2, 0.25) is 0 Å². The summed E-state index contributed by atoms with van der Waals surface area (Å²) in [6, 6.07) is 11.6. The number of alkyl halides is 3. The predicted octanol–water partition coefficient (Wildman–Crippen LogP) is 5.70. The van der Waals surface area contributed by atoms with Crippen molar-refractivity contribution in [1.82, 2.24) is 0 Å². The van der Waals surface area contributed by atoms with Gasteiger partial charge in [-0.1, -0.05) is 30.3 Å². The largest absolute Gasteiger partial charge is 0.417 e. The average molecular weight is 379 g/mol. The third kappa shape index (κ3) is 2.62. The fraction of sp³-hybridized carbons (Fsp3) is 0.0769. The van der Waals surface area contributed by atoms with Gasteiger partial charge in [-0.15, -0.1) is 0 Å². The lowest BCUT2D eigenvalue weighted by Gasteiger charge is -2.14. The predicted molar refractivity (Wildman–Crippen MR) is 71.1 cm³/mol. The molecule has 0 spiro atoms. The van der Waals surface area contributed by atoms with E-state index in [4.69, 9.17) is 0 Å². The maximum absolute atomic E-state index is 12.9. The molecule has 0 saturated carbocycles. The first-order chi connectivity index (χ1) is 8.41. The van der Waals surface area contributed by atoms with E-state index in [0.717, 1.165) is 0 Å². The molecule has 2 aromatic rings. The third-order valence-corrected chi connectivity index (χ3v) is 4.43. The minimum Gasteiger partial charge on any atom is -0.166 e. The van der Waals surface area contributed by atoms with Crippen LogP contribution in [0.3, 0.4) is 0 Å². The third-order valence-electron chi connectivity index (χ3n) is 2.38. The lowest BCUT2D eigenvalue weighted by atomic mass is 9.99. The van der Waals surface area contributed by atoms with Crippen LogP contribution in [0, 0.1) is 6.07 Å². The molecule has 0 fully saturated rings. The van der Waals surface area contributed by atoms with Gasteiger partial charge in [-0.2, -0.15) is 13.2 Å². The van der Waals surface area contributed by atoms with Crippen LogP contribution in [0.25, 0.3) is 11.1 Å². The van der Waals surface area contributed by atoms with Crippen molar-refractivity contribution >= 4 is 31.9 Å². The lowest BCUT2D eigenvalue weighted by Crippen LogP contribution is -2.07. The molecular formula is C13H6Br2F3. The molecule has 93 valence electrons. The van der Waals surface area contributed by atoms with E-state index >= 15 is 0 Å². The summed E-state index contributed by atoms with van der Waals surface area (Å²) in [4.78, 5) is 0. The number of hydrogen-bond acceptors (Lipinski definition) is 0. The molecule has 0 saturated heterocycles. The molecule has 0 heterocycles. The van der Waals surface area contributed by atoms with Crippen molar-refractivity contribution in [2.45, 2.75) is 6.18 Å². The molecule has 2 aromatic carbocycles. The molecular weight excluding hydrogens is 373 g/mol. The Balaban J connectivity index is 2.69. The lowest BCUT2D eigenvalue weighted by molar-refractivity contribution is -0.137.